The van der Waals surface area contributed by atoms with Crippen LogP contribution in [0, 0.1) is 0 Å². The summed E-state index contributed by atoms with van der Waals surface area (Å²) in [6.07, 6.45) is 6.58. The molecule has 1 fully saturated rings. The summed E-state index contributed by atoms with van der Waals surface area (Å²) in [6, 6.07) is 5.25. The van der Waals surface area contributed by atoms with Gasteiger partial charge in [0.1, 0.15) is 5.82 Å². The van der Waals surface area contributed by atoms with Crippen LogP contribution >= 0.6 is 46.3 Å². The molecule has 1 amide bonds. The van der Waals surface area contributed by atoms with Gasteiger partial charge in [-0.1, -0.05) is 53.9 Å². The van der Waals surface area contributed by atoms with Crippen LogP contribution < -0.4 is 5.32 Å². The summed E-state index contributed by atoms with van der Waals surface area (Å²) in [4.78, 5) is 17.0. The molecule has 1 aliphatic rings. The first kappa shape index (κ1) is 22.3. The maximum atomic E-state index is 12.5. The van der Waals surface area contributed by atoms with E-state index in [1.165, 1.54) is 35.9 Å². The van der Waals surface area contributed by atoms with Crippen LogP contribution in [-0.4, -0.2) is 31.4 Å². The van der Waals surface area contributed by atoms with Crippen molar-refractivity contribution in [2.45, 2.75) is 43.3 Å². The van der Waals surface area contributed by atoms with Crippen molar-refractivity contribution in [2.24, 2.45) is 0 Å². The molecule has 10 heteroatoms. The Hall–Kier alpha value is -1.87. The minimum Gasteiger partial charge on any atom is -0.302 e. The monoisotopic (exact) mass is 493 g/mol. The number of hydrogen-bond donors (Lipinski definition) is 1. The van der Waals surface area contributed by atoms with Crippen LogP contribution in [0.5, 0.6) is 0 Å². The predicted molar refractivity (Wildman–Crippen MR) is 128 cm³/mol. The number of aromatic nitrogens is 4. The van der Waals surface area contributed by atoms with Gasteiger partial charge >= 0.3 is 0 Å². The smallest absolute Gasteiger partial charge is 0.236 e. The largest absolute Gasteiger partial charge is 0.302 e. The van der Waals surface area contributed by atoms with Gasteiger partial charge in [-0.2, -0.15) is 0 Å². The van der Waals surface area contributed by atoms with Gasteiger partial charge in [0.15, 0.2) is 10.3 Å². The summed E-state index contributed by atoms with van der Waals surface area (Å²) in [6.45, 7) is 4.48. The minimum atomic E-state index is -0.149. The molecule has 1 saturated carbocycles. The molecule has 6 nitrogen and oxygen atoms in total. The third kappa shape index (κ3) is 5.31. The van der Waals surface area contributed by atoms with Gasteiger partial charge in [-0.3, -0.25) is 4.79 Å². The number of carbonyl (C=O) groups is 1. The second kappa shape index (κ2) is 10.2. The van der Waals surface area contributed by atoms with Crippen LogP contribution in [0.3, 0.4) is 0 Å². The lowest BCUT2D eigenvalue weighted by Gasteiger charge is -2.11. The highest BCUT2D eigenvalue weighted by molar-refractivity contribution is 7.99. The lowest BCUT2D eigenvalue weighted by molar-refractivity contribution is -0.113. The van der Waals surface area contributed by atoms with Crippen LogP contribution in [0.4, 0.5) is 5.13 Å². The van der Waals surface area contributed by atoms with Gasteiger partial charge in [0.05, 0.1) is 16.5 Å². The number of amides is 1. The van der Waals surface area contributed by atoms with Crippen LogP contribution in [-0.2, 0) is 11.3 Å². The van der Waals surface area contributed by atoms with Crippen molar-refractivity contribution in [3.63, 3.8) is 0 Å². The molecule has 0 aliphatic heterocycles. The van der Waals surface area contributed by atoms with E-state index in [1.807, 2.05) is 17.5 Å². The van der Waals surface area contributed by atoms with E-state index in [-0.39, 0.29) is 11.7 Å². The van der Waals surface area contributed by atoms with Crippen molar-refractivity contribution < 1.29 is 4.79 Å². The van der Waals surface area contributed by atoms with Crippen LogP contribution in [0.15, 0.2) is 41.4 Å². The fraction of sp³-hybridized carbons (Fsp3) is 0.333. The molecule has 0 spiro atoms. The van der Waals surface area contributed by atoms with Gasteiger partial charge in [0.2, 0.25) is 5.91 Å². The summed E-state index contributed by atoms with van der Waals surface area (Å²) in [7, 11) is 0. The Labute approximate surface area is 199 Å². The zero-order chi connectivity index (χ0) is 21.8. The number of nitrogens with zero attached hydrogens (tertiary/aromatic N) is 4. The summed E-state index contributed by atoms with van der Waals surface area (Å²) in [5.41, 5.74) is 1.47. The quantitative estimate of drug-likeness (QED) is 0.295. The van der Waals surface area contributed by atoms with Gasteiger partial charge in [-0.05, 0) is 31.0 Å². The van der Waals surface area contributed by atoms with Crippen molar-refractivity contribution >= 4 is 57.3 Å². The summed E-state index contributed by atoms with van der Waals surface area (Å²) >= 11 is 14.9. The minimum absolute atomic E-state index is 0.149. The number of hydrogen-bond acceptors (Lipinski definition) is 6. The number of carbonyl (C=O) groups excluding carboxylic acids is 1. The van der Waals surface area contributed by atoms with E-state index in [0.717, 1.165) is 29.4 Å². The molecule has 162 valence electrons. The maximum Gasteiger partial charge on any atom is 0.236 e. The van der Waals surface area contributed by atoms with Crippen molar-refractivity contribution in [3.8, 4) is 11.3 Å². The third-order valence-corrected chi connectivity index (χ3v) is 7.34. The second-order valence-corrected chi connectivity index (χ2v) is 9.86. The van der Waals surface area contributed by atoms with E-state index in [0.29, 0.717) is 33.3 Å². The Kier molecular flexibility index (Phi) is 7.32. The molecule has 0 atom stereocenters. The van der Waals surface area contributed by atoms with Crippen LogP contribution in [0.2, 0.25) is 10.0 Å². The molecular weight excluding hydrogens is 473 g/mol. The number of thioether (sulfide) groups is 1. The Bertz CT molecular complexity index is 1090. The standard InChI is InChI=1S/C21H21Cl2N5OS2/c1-2-9-28-19(13-5-3-4-6-13)26-27-21(28)31-12-18(29)25-20-24-17(11-30-20)15-8-7-14(22)10-16(15)23/h2,7-8,10-11,13H,1,3-6,9,12H2,(H,24,25,29). The molecule has 2 aromatic heterocycles. The van der Waals surface area contributed by atoms with E-state index in [2.05, 4.69) is 31.6 Å². The average Bonchev–Trinajstić information content (AvgIpc) is 3.48. The van der Waals surface area contributed by atoms with E-state index in [4.69, 9.17) is 23.2 Å². The molecule has 0 unspecified atom stereocenters. The molecular formula is C21H21Cl2N5OS2. The first-order valence-corrected chi connectivity index (χ1v) is 12.5. The van der Waals surface area contributed by atoms with Crippen molar-refractivity contribution in [2.75, 3.05) is 11.1 Å². The second-order valence-electron chi connectivity index (χ2n) is 7.22. The van der Waals surface area contributed by atoms with Gasteiger partial charge in [0.25, 0.3) is 0 Å². The number of benzene rings is 1. The van der Waals surface area contributed by atoms with Gasteiger partial charge in [-0.15, -0.1) is 28.1 Å². The summed E-state index contributed by atoms with van der Waals surface area (Å²) in [5, 5.41) is 15.8. The Morgan fingerprint density at radius 1 is 1.32 bits per heavy atom. The first-order valence-electron chi connectivity index (χ1n) is 9.92. The molecule has 4 rings (SSSR count). The first-order chi connectivity index (χ1) is 15.0. The topological polar surface area (TPSA) is 72.7 Å². The van der Waals surface area contributed by atoms with Gasteiger partial charge in [-0.25, -0.2) is 4.98 Å². The lowest BCUT2D eigenvalue weighted by atomic mass is 10.1. The molecule has 0 saturated heterocycles. The van der Waals surface area contributed by atoms with Gasteiger partial charge in [0, 0.05) is 28.4 Å². The number of thiazole rings is 1. The molecule has 0 bridgehead atoms. The summed E-state index contributed by atoms with van der Waals surface area (Å²) < 4.78 is 2.07. The Morgan fingerprint density at radius 2 is 2.13 bits per heavy atom. The highest BCUT2D eigenvalue weighted by Crippen LogP contribution is 2.35. The predicted octanol–water partition coefficient (Wildman–Crippen LogP) is 6.28. The molecule has 1 N–H and O–H groups in total. The van der Waals surface area contributed by atoms with E-state index in [9.17, 15) is 4.79 Å². The Morgan fingerprint density at radius 3 is 2.87 bits per heavy atom. The normalized spacial score (nSPS) is 14.1. The third-order valence-electron chi connectivity index (χ3n) is 5.07. The SMILES string of the molecule is C=CCn1c(SCC(=O)Nc2nc(-c3ccc(Cl)cc3Cl)cs2)nnc1C1CCCC1. The number of nitrogens with one attached hydrogen (secondary N) is 1. The van der Waals surface area contributed by atoms with Crippen LogP contribution in [0.25, 0.3) is 11.3 Å². The molecule has 0 radical (unpaired) electrons. The van der Waals surface area contributed by atoms with Crippen molar-refractivity contribution in [1.82, 2.24) is 19.7 Å². The fourth-order valence-corrected chi connectivity index (χ4v) is 5.62. The highest BCUT2D eigenvalue weighted by Gasteiger charge is 2.24. The van der Waals surface area contributed by atoms with Crippen molar-refractivity contribution in [3.05, 3.63) is 52.1 Å². The number of allylic oxidation sites excluding steroid dienone is 1. The van der Waals surface area contributed by atoms with Gasteiger partial charge < -0.3 is 9.88 Å². The van der Waals surface area contributed by atoms with Crippen LogP contribution in [0.1, 0.15) is 37.4 Å². The van der Waals surface area contributed by atoms with E-state index >= 15 is 0 Å². The highest BCUT2D eigenvalue weighted by atomic mass is 35.5. The molecule has 2 heterocycles. The van der Waals surface area contributed by atoms with Crippen molar-refractivity contribution in [1.29, 1.82) is 0 Å². The zero-order valence-corrected chi connectivity index (χ0v) is 19.8. The molecule has 1 aliphatic carbocycles. The van der Waals surface area contributed by atoms with E-state index < -0.39 is 0 Å². The maximum absolute atomic E-state index is 12.5. The average molecular weight is 494 g/mol. The molecule has 1 aromatic carbocycles. The molecule has 31 heavy (non-hydrogen) atoms. The Balaban J connectivity index is 1.39. The van der Waals surface area contributed by atoms with E-state index in [1.54, 1.807) is 12.1 Å². The number of halogens is 2. The lowest BCUT2D eigenvalue weighted by Crippen LogP contribution is -2.15. The fourth-order valence-electron chi connectivity index (χ4n) is 3.63. The zero-order valence-electron chi connectivity index (χ0n) is 16.7. The molecule has 3 aromatic rings. The summed E-state index contributed by atoms with van der Waals surface area (Å²) in [5.74, 6) is 1.52. The number of rotatable bonds is 8. The number of anilines is 1.